The molecule has 0 radical (unpaired) electrons. The first kappa shape index (κ1) is 18.1. The molecule has 3 nitrogen and oxygen atoms in total. The number of unbranched alkanes of at least 4 members (excludes halogenated alkanes) is 1. The monoisotopic (exact) mass is 383 g/mol. The lowest BCUT2D eigenvalue weighted by Gasteiger charge is -2.10. The molecular weight excluding hydrogens is 365 g/mol. The Morgan fingerprint density at radius 3 is 2.60 bits per heavy atom. The van der Waals surface area contributed by atoms with E-state index in [9.17, 15) is 0 Å². The van der Waals surface area contributed by atoms with Crippen molar-refractivity contribution in [3.8, 4) is 5.75 Å². The van der Waals surface area contributed by atoms with Gasteiger partial charge < -0.3 is 14.8 Å². The van der Waals surface area contributed by atoms with E-state index in [4.69, 9.17) is 32.7 Å². The highest BCUT2D eigenvalue weighted by Crippen LogP contribution is 2.33. The molecule has 0 unspecified atom stereocenters. The highest BCUT2D eigenvalue weighted by Gasteiger charge is 2.06. The molecule has 0 fully saturated rings. The number of rotatable bonds is 10. The molecule has 0 heterocycles. The van der Waals surface area contributed by atoms with Crippen LogP contribution >= 0.6 is 39.1 Å². The summed E-state index contributed by atoms with van der Waals surface area (Å²) in [5.41, 5.74) is 0. The first-order chi connectivity index (χ1) is 9.65. The van der Waals surface area contributed by atoms with Crippen molar-refractivity contribution < 1.29 is 9.47 Å². The minimum atomic E-state index is 0.534. The second-order valence-electron chi connectivity index (χ2n) is 4.26. The third-order valence-corrected chi connectivity index (χ3v) is 4.07. The average molecular weight is 385 g/mol. The van der Waals surface area contributed by atoms with Crippen LogP contribution in [0.3, 0.4) is 0 Å². The van der Waals surface area contributed by atoms with Crippen molar-refractivity contribution in [2.75, 3.05) is 32.9 Å². The maximum atomic E-state index is 6.06. The molecule has 0 saturated carbocycles. The molecule has 0 aliphatic rings. The standard InChI is InChI=1S/C14H20BrCl2NO2/c1-2-3-6-19-7-4-18-5-8-20-14-10-12(16)11(15)9-13(14)17/h9-10,18H,2-8H2,1H3. The van der Waals surface area contributed by atoms with E-state index in [1.807, 2.05) is 0 Å². The fourth-order valence-corrected chi connectivity index (χ4v) is 2.31. The maximum Gasteiger partial charge on any atom is 0.139 e. The Morgan fingerprint density at radius 1 is 1.10 bits per heavy atom. The number of benzene rings is 1. The summed E-state index contributed by atoms with van der Waals surface area (Å²) in [5.74, 6) is 0.598. The lowest BCUT2D eigenvalue weighted by molar-refractivity contribution is 0.132. The van der Waals surface area contributed by atoms with Crippen LogP contribution in [0.5, 0.6) is 5.75 Å². The van der Waals surface area contributed by atoms with Crippen LogP contribution in [-0.2, 0) is 4.74 Å². The van der Waals surface area contributed by atoms with E-state index in [-0.39, 0.29) is 0 Å². The van der Waals surface area contributed by atoms with Crippen molar-refractivity contribution in [3.63, 3.8) is 0 Å². The van der Waals surface area contributed by atoms with E-state index in [0.29, 0.717) is 22.4 Å². The molecule has 1 N–H and O–H groups in total. The van der Waals surface area contributed by atoms with E-state index in [1.165, 1.54) is 0 Å². The molecule has 0 aliphatic heterocycles. The van der Waals surface area contributed by atoms with Crippen LogP contribution in [0.25, 0.3) is 0 Å². The Labute approximate surface area is 139 Å². The van der Waals surface area contributed by atoms with Gasteiger partial charge in [0.15, 0.2) is 0 Å². The van der Waals surface area contributed by atoms with Gasteiger partial charge in [0.05, 0.1) is 16.7 Å². The van der Waals surface area contributed by atoms with Gasteiger partial charge in [-0.2, -0.15) is 0 Å². The summed E-state index contributed by atoms with van der Waals surface area (Å²) in [5, 5.41) is 4.37. The number of hydrogen-bond acceptors (Lipinski definition) is 3. The molecule has 0 atom stereocenters. The van der Waals surface area contributed by atoms with Gasteiger partial charge in [-0.05, 0) is 28.4 Å². The van der Waals surface area contributed by atoms with Crippen LogP contribution in [0.15, 0.2) is 16.6 Å². The van der Waals surface area contributed by atoms with Crippen LogP contribution in [-0.4, -0.2) is 32.9 Å². The molecule has 1 rings (SSSR count). The second kappa shape index (κ2) is 10.7. The summed E-state index contributed by atoms with van der Waals surface area (Å²) in [6.45, 7) is 5.81. The molecule has 0 bridgehead atoms. The van der Waals surface area contributed by atoms with E-state index in [1.54, 1.807) is 12.1 Å². The van der Waals surface area contributed by atoms with Gasteiger partial charge in [0.25, 0.3) is 0 Å². The summed E-state index contributed by atoms with van der Waals surface area (Å²) in [4.78, 5) is 0. The second-order valence-corrected chi connectivity index (χ2v) is 5.93. The van der Waals surface area contributed by atoms with Gasteiger partial charge >= 0.3 is 0 Å². The third-order valence-electron chi connectivity index (χ3n) is 2.58. The molecule has 114 valence electrons. The smallest absolute Gasteiger partial charge is 0.139 e. The van der Waals surface area contributed by atoms with E-state index < -0.39 is 0 Å². The lowest BCUT2D eigenvalue weighted by Crippen LogP contribution is -2.25. The summed E-state index contributed by atoms with van der Waals surface area (Å²) < 4.78 is 11.8. The van der Waals surface area contributed by atoms with Crippen molar-refractivity contribution in [1.29, 1.82) is 0 Å². The Hall–Kier alpha value is -0.0000000000000000555. The summed E-state index contributed by atoms with van der Waals surface area (Å²) in [7, 11) is 0. The number of hydrogen-bond donors (Lipinski definition) is 1. The van der Waals surface area contributed by atoms with Crippen molar-refractivity contribution in [1.82, 2.24) is 5.32 Å². The van der Waals surface area contributed by atoms with Gasteiger partial charge in [-0.3, -0.25) is 0 Å². The van der Waals surface area contributed by atoms with Crippen molar-refractivity contribution in [3.05, 3.63) is 26.7 Å². The van der Waals surface area contributed by atoms with Crippen LogP contribution in [0.4, 0.5) is 0 Å². The van der Waals surface area contributed by atoms with Crippen molar-refractivity contribution in [2.24, 2.45) is 0 Å². The normalized spacial score (nSPS) is 10.8. The molecule has 0 aliphatic carbocycles. The van der Waals surface area contributed by atoms with Gasteiger partial charge in [0.2, 0.25) is 0 Å². The SMILES string of the molecule is CCCCOCCNCCOc1cc(Cl)c(Br)cc1Cl. The first-order valence-corrected chi connectivity index (χ1v) is 8.25. The largest absolute Gasteiger partial charge is 0.491 e. The fraction of sp³-hybridized carbons (Fsp3) is 0.571. The molecule has 0 aromatic heterocycles. The molecule has 0 amide bonds. The zero-order valence-corrected chi connectivity index (χ0v) is 14.7. The Morgan fingerprint density at radius 2 is 1.85 bits per heavy atom. The topological polar surface area (TPSA) is 30.5 Å². The van der Waals surface area contributed by atoms with Crippen molar-refractivity contribution in [2.45, 2.75) is 19.8 Å². The lowest BCUT2D eigenvalue weighted by atomic mass is 10.3. The van der Waals surface area contributed by atoms with Gasteiger partial charge in [0.1, 0.15) is 12.4 Å². The molecular formula is C14H20BrCl2NO2. The molecule has 0 saturated heterocycles. The number of nitrogens with one attached hydrogen (secondary N) is 1. The molecule has 1 aromatic carbocycles. The van der Waals surface area contributed by atoms with E-state index in [0.717, 1.165) is 43.6 Å². The number of halogens is 3. The zero-order valence-electron chi connectivity index (χ0n) is 11.6. The zero-order chi connectivity index (χ0) is 14.8. The van der Waals surface area contributed by atoms with Gasteiger partial charge in [-0.25, -0.2) is 0 Å². The molecule has 6 heteroatoms. The number of ether oxygens (including phenoxy) is 2. The van der Waals surface area contributed by atoms with Crippen LogP contribution in [0, 0.1) is 0 Å². The highest BCUT2D eigenvalue weighted by atomic mass is 79.9. The average Bonchev–Trinajstić information content (AvgIpc) is 2.42. The molecule has 0 spiro atoms. The highest BCUT2D eigenvalue weighted by molar-refractivity contribution is 9.10. The van der Waals surface area contributed by atoms with Crippen LogP contribution in [0.1, 0.15) is 19.8 Å². The predicted octanol–water partition coefficient (Wildman–Crippen LogP) is 4.54. The minimum absolute atomic E-state index is 0.534. The third kappa shape index (κ3) is 7.14. The minimum Gasteiger partial charge on any atom is -0.491 e. The molecule has 20 heavy (non-hydrogen) atoms. The summed E-state index contributed by atoms with van der Waals surface area (Å²) in [6.07, 6.45) is 2.28. The Bertz CT molecular complexity index is 405. The first-order valence-electron chi connectivity index (χ1n) is 6.71. The van der Waals surface area contributed by atoms with Crippen LogP contribution in [0.2, 0.25) is 10.0 Å². The van der Waals surface area contributed by atoms with Crippen molar-refractivity contribution >= 4 is 39.1 Å². The quantitative estimate of drug-likeness (QED) is 0.474. The van der Waals surface area contributed by atoms with Gasteiger partial charge in [0, 0.05) is 30.2 Å². The van der Waals surface area contributed by atoms with E-state index in [2.05, 4.69) is 28.2 Å². The Kier molecular flexibility index (Phi) is 9.65. The molecule has 1 aromatic rings. The van der Waals surface area contributed by atoms with Gasteiger partial charge in [-0.1, -0.05) is 36.5 Å². The van der Waals surface area contributed by atoms with Gasteiger partial charge in [-0.15, -0.1) is 0 Å². The van der Waals surface area contributed by atoms with Crippen LogP contribution < -0.4 is 10.1 Å². The fourth-order valence-electron chi connectivity index (χ4n) is 1.47. The van der Waals surface area contributed by atoms with E-state index >= 15 is 0 Å². The predicted molar refractivity (Wildman–Crippen MR) is 88.3 cm³/mol. The maximum absolute atomic E-state index is 6.06. The summed E-state index contributed by atoms with van der Waals surface area (Å²) in [6, 6.07) is 3.44. The Balaban J connectivity index is 2.11. The summed E-state index contributed by atoms with van der Waals surface area (Å²) >= 11 is 15.4.